The SMILES string of the molecule is C1CCN(CCCN(NCCCN2CCOCC2)NCCN2CCCCC2)CC1. The normalized spacial score (nSPS) is 23.1. The predicted octanol–water partition coefficient (Wildman–Crippen LogP) is 1.38. The summed E-state index contributed by atoms with van der Waals surface area (Å²) < 4.78 is 5.45. The summed E-state index contributed by atoms with van der Waals surface area (Å²) in [6, 6.07) is 0. The second-order valence-corrected chi connectivity index (χ2v) is 8.93. The van der Waals surface area contributed by atoms with Crippen molar-refractivity contribution >= 4 is 0 Å². The highest BCUT2D eigenvalue weighted by Gasteiger charge is 2.13. The third-order valence-corrected chi connectivity index (χ3v) is 6.54. The zero-order chi connectivity index (χ0) is 20.0. The maximum Gasteiger partial charge on any atom is 0.0594 e. The zero-order valence-electron chi connectivity index (χ0n) is 18.8. The van der Waals surface area contributed by atoms with Crippen LogP contribution in [0.3, 0.4) is 0 Å². The van der Waals surface area contributed by atoms with Gasteiger partial charge in [-0.25, -0.2) is 10.9 Å². The lowest BCUT2D eigenvalue weighted by Gasteiger charge is -2.31. The van der Waals surface area contributed by atoms with Crippen LogP contribution in [0.2, 0.25) is 0 Å². The number of nitrogens with one attached hydrogen (secondary N) is 2. The predicted molar refractivity (Wildman–Crippen MR) is 120 cm³/mol. The summed E-state index contributed by atoms with van der Waals surface area (Å²) in [6.07, 6.45) is 10.8. The summed E-state index contributed by atoms with van der Waals surface area (Å²) >= 11 is 0. The van der Waals surface area contributed by atoms with Crippen LogP contribution in [0.15, 0.2) is 0 Å². The summed E-state index contributed by atoms with van der Waals surface area (Å²) in [5.41, 5.74) is 7.33. The summed E-state index contributed by atoms with van der Waals surface area (Å²) in [5.74, 6) is 0. The van der Waals surface area contributed by atoms with Crippen molar-refractivity contribution in [1.82, 2.24) is 30.7 Å². The van der Waals surface area contributed by atoms with Gasteiger partial charge in [0.1, 0.15) is 0 Å². The Morgan fingerprint density at radius 1 is 0.586 bits per heavy atom. The first-order valence-corrected chi connectivity index (χ1v) is 12.4. The smallest absolute Gasteiger partial charge is 0.0594 e. The van der Waals surface area contributed by atoms with Crippen molar-refractivity contribution < 1.29 is 4.74 Å². The van der Waals surface area contributed by atoms with Crippen molar-refractivity contribution in [2.75, 3.05) is 91.8 Å². The van der Waals surface area contributed by atoms with Crippen LogP contribution in [-0.4, -0.2) is 112 Å². The summed E-state index contributed by atoms with van der Waals surface area (Å²) in [6.45, 7) is 15.9. The van der Waals surface area contributed by atoms with Crippen molar-refractivity contribution in [1.29, 1.82) is 0 Å². The van der Waals surface area contributed by atoms with Crippen molar-refractivity contribution in [2.24, 2.45) is 0 Å². The second kappa shape index (κ2) is 14.7. The van der Waals surface area contributed by atoms with Crippen molar-refractivity contribution in [3.8, 4) is 0 Å². The molecule has 0 saturated carbocycles. The second-order valence-electron chi connectivity index (χ2n) is 8.93. The lowest BCUT2D eigenvalue weighted by Crippen LogP contribution is -2.52. The van der Waals surface area contributed by atoms with E-state index in [4.69, 9.17) is 4.74 Å². The molecule has 29 heavy (non-hydrogen) atoms. The van der Waals surface area contributed by atoms with Crippen LogP contribution in [-0.2, 0) is 4.74 Å². The Labute approximate surface area is 179 Å². The minimum Gasteiger partial charge on any atom is -0.379 e. The molecule has 0 unspecified atom stereocenters. The minimum atomic E-state index is 0.897. The summed E-state index contributed by atoms with van der Waals surface area (Å²) in [7, 11) is 0. The van der Waals surface area contributed by atoms with Crippen molar-refractivity contribution in [3.63, 3.8) is 0 Å². The van der Waals surface area contributed by atoms with Gasteiger partial charge in [-0.2, -0.15) is 5.12 Å². The monoisotopic (exact) mass is 410 g/mol. The molecule has 170 valence electrons. The quantitative estimate of drug-likeness (QED) is 0.351. The van der Waals surface area contributed by atoms with Gasteiger partial charge >= 0.3 is 0 Å². The van der Waals surface area contributed by atoms with Crippen LogP contribution in [0.25, 0.3) is 0 Å². The number of hydrogen-bond acceptors (Lipinski definition) is 7. The third kappa shape index (κ3) is 10.0. The molecule has 3 aliphatic rings. The molecule has 7 nitrogen and oxygen atoms in total. The van der Waals surface area contributed by atoms with E-state index in [0.29, 0.717) is 0 Å². The Balaban J connectivity index is 1.30. The van der Waals surface area contributed by atoms with Gasteiger partial charge in [0.05, 0.1) is 13.2 Å². The molecule has 7 heteroatoms. The van der Waals surface area contributed by atoms with E-state index in [1.165, 1.54) is 90.6 Å². The first kappa shape index (κ1) is 23.4. The minimum absolute atomic E-state index is 0.897. The molecule has 3 aliphatic heterocycles. The third-order valence-electron chi connectivity index (χ3n) is 6.54. The highest BCUT2D eigenvalue weighted by Crippen LogP contribution is 2.09. The van der Waals surface area contributed by atoms with Gasteiger partial charge < -0.3 is 14.5 Å². The van der Waals surface area contributed by atoms with Crippen LogP contribution in [0.1, 0.15) is 51.4 Å². The average molecular weight is 411 g/mol. The van der Waals surface area contributed by atoms with Crippen LogP contribution in [0, 0.1) is 0 Å². The first-order valence-electron chi connectivity index (χ1n) is 12.4. The maximum atomic E-state index is 5.45. The van der Waals surface area contributed by atoms with E-state index >= 15 is 0 Å². The van der Waals surface area contributed by atoms with Gasteiger partial charge in [-0.15, -0.1) is 0 Å². The fourth-order valence-corrected chi connectivity index (χ4v) is 4.72. The Morgan fingerprint density at radius 2 is 1.14 bits per heavy atom. The highest BCUT2D eigenvalue weighted by molar-refractivity contribution is 4.67. The lowest BCUT2D eigenvalue weighted by molar-refractivity contribution is 0.0353. The molecule has 3 fully saturated rings. The van der Waals surface area contributed by atoms with Gasteiger partial charge in [0.2, 0.25) is 0 Å². The zero-order valence-corrected chi connectivity index (χ0v) is 18.8. The van der Waals surface area contributed by atoms with E-state index in [-0.39, 0.29) is 0 Å². The number of ether oxygens (including phenoxy) is 1. The van der Waals surface area contributed by atoms with Gasteiger partial charge in [0, 0.05) is 39.3 Å². The molecule has 0 aliphatic carbocycles. The number of piperidine rings is 2. The first-order chi connectivity index (χ1) is 14.4. The molecule has 0 spiro atoms. The molecule has 0 aromatic carbocycles. The fraction of sp³-hybridized carbons (Fsp3) is 1.00. The molecular formula is C22H46N6O. The molecule has 0 aromatic heterocycles. The molecular weight excluding hydrogens is 364 g/mol. The van der Waals surface area contributed by atoms with E-state index in [1.54, 1.807) is 0 Å². The topological polar surface area (TPSA) is 46.2 Å². The van der Waals surface area contributed by atoms with Crippen LogP contribution in [0.4, 0.5) is 0 Å². The van der Waals surface area contributed by atoms with Gasteiger partial charge in [0.15, 0.2) is 0 Å². The Hall–Kier alpha value is -0.280. The maximum absolute atomic E-state index is 5.45. The molecule has 0 atom stereocenters. The van der Waals surface area contributed by atoms with Crippen molar-refractivity contribution in [3.05, 3.63) is 0 Å². The fourth-order valence-electron chi connectivity index (χ4n) is 4.72. The van der Waals surface area contributed by atoms with Crippen LogP contribution < -0.4 is 10.9 Å². The molecule has 0 aromatic rings. The van der Waals surface area contributed by atoms with E-state index in [2.05, 4.69) is 30.7 Å². The molecule has 3 rings (SSSR count). The van der Waals surface area contributed by atoms with E-state index in [0.717, 1.165) is 52.5 Å². The standard InChI is InChI=1S/C22H46N6O/c1-3-11-25(12-4-1)16-8-17-28(24-10-18-26-13-5-2-6-14-26)23-9-7-15-27-19-21-29-22-20-27/h23-24H,1-22H2. The number of hydrazine groups is 2. The number of morpholine rings is 1. The van der Waals surface area contributed by atoms with Gasteiger partial charge in [0.25, 0.3) is 0 Å². The summed E-state index contributed by atoms with van der Waals surface area (Å²) in [4.78, 5) is 7.78. The van der Waals surface area contributed by atoms with Gasteiger partial charge in [-0.1, -0.05) is 12.8 Å². The number of rotatable bonds is 13. The van der Waals surface area contributed by atoms with E-state index < -0.39 is 0 Å². The van der Waals surface area contributed by atoms with E-state index in [1.807, 2.05) is 0 Å². The molecule has 0 bridgehead atoms. The van der Waals surface area contributed by atoms with E-state index in [9.17, 15) is 0 Å². The molecule has 0 radical (unpaired) electrons. The van der Waals surface area contributed by atoms with Crippen LogP contribution in [0.5, 0.6) is 0 Å². The Bertz CT molecular complexity index is 371. The highest BCUT2D eigenvalue weighted by atomic mass is 16.5. The molecule has 0 amide bonds. The van der Waals surface area contributed by atoms with Crippen LogP contribution >= 0.6 is 0 Å². The summed E-state index contributed by atoms with van der Waals surface area (Å²) in [5, 5.41) is 2.28. The lowest BCUT2D eigenvalue weighted by atomic mass is 10.1. The van der Waals surface area contributed by atoms with Gasteiger partial charge in [-0.3, -0.25) is 4.90 Å². The average Bonchev–Trinajstić information content (AvgIpc) is 2.78. The Kier molecular flexibility index (Phi) is 11.8. The number of nitrogens with zero attached hydrogens (tertiary/aromatic N) is 4. The number of hydrogen-bond donors (Lipinski definition) is 2. The molecule has 3 saturated heterocycles. The van der Waals surface area contributed by atoms with Crippen molar-refractivity contribution in [2.45, 2.75) is 51.4 Å². The molecule has 2 N–H and O–H groups in total. The Morgan fingerprint density at radius 3 is 1.83 bits per heavy atom. The molecule has 3 heterocycles. The largest absolute Gasteiger partial charge is 0.379 e. The van der Waals surface area contributed by atoms with Gasteiger partial charge in [-0.05, 0) is 77.8 Å². The number of likely N-dealkylation sites (tertiary alicyclic amines) is 2.